The van der Waals surface area contributed by atoms with E-state index in [2.05, 4.69) is 0 Å². The first-order valence-electron chi connectivity index (χ1n) is 11.9. The Morgan fingerprint density at radius 1 is 0.842 bits per heavy atom. The summed E-state index contributed by atoms with van der Waals surface area (Å²) < 4.78 is 44.2. The zero-order valence-electron chi connectivity index (χ0n) is 22.0. The van der Waals surface area contributed by atoms with Crippen LogP contribution in [0.3, 0.4) is 0 Å². The van der Waals surface area contributed by atoms with Crippen molar-refractivity contribution in [3.63, 3.8) is 0 Å². The zero-order chi connectivity index (χ0) is 27.6. The Balaban J connectivity index is 2.03. The van der Waals surface area contributed by atoms with Gasteiger partial charge in [0.15, 0.2) is 23.0 Å². The molecule has 0 spiro atoms. The predicted molar refractivity (Wildman–Crippen MR) is 131 cm³/mol. The fourth-order valence-corrected chi connectivity index (χ4v) is 5.20. The molecule has 2 aliphatic rings. The molecule has 38 heavy (non-hydrogen) atoms. The average Bonchev–Trinajstić information content (AvgIpc) is 3.36. The van der Waals surface area contributed by atoms with Gasteiger partial charge in [-0.3, -0.25) is 14.4 Å². The van der Waals surface area contributed by atoms with Gasteiger partial charge in [0.2, 0.25) is 12.5 Å². The standard InChI is InChI=1S/C27H30O11/c1-13(28)35-11-18-24(27(30)34-6)23(15-7-21(31-3)26(33-5)22(8-15)32-4)16-9-19-20(37-12-36-19)10-17(16)25(18)38-14(2)29/h7-10,18,23-25H,11-12H2,1-6H3/t18?,23-,24-,25+/m1/s1. The summed E-state index contributed by atoms with van der Waals surface area (Å²) in [5.41, 5.74) is 1.86. The van der Waals surface area contributed by atoms with Gasteiger partial charge < -0.3 is 37.9 Å². The Bertz CT molecular complexity index is 1210. The number of ether oxygens (including phenoxy) is 8. The van der Waals surface area contributed by atoms with Crippen LogP contribution in [0.4, 0.5) is 0 Å². The van der Waals surface area contributed by atoms with Crippen LogP contribution in [0.1, 0.15) is 42.6 Å². The van der Waals surface area contributed by atoms with Gasteiger partial charge in [-0.05, 0) is 35.4 Å². The Labute approximate surface area is 219 Å². The van der Waals surface area contributed by atoms with E-state index in [0.29, 0.717) is 45.4 Å². The molecular weight excluding hydrogens is 500 g/mol. The Hall–Kier alpha value is -4.15. The van der Waals surface area contributed by atoms with Crippen LogP contribution in [-0.2, 0) is 28.6 Å². The van der Waals surface area contributed by atoms with Crippen molar-refractivity contribution in [2.24, 2.45) is 11.8 Å². The number of hydrogen-bond acceptors (Lipinski definition) is 11. The first-order chi connectivity index (χ1) is 18.2. The molecule has 0 radical (unpaired) electrons. The normalized spacial score (nSPS) is 21.1. The number of hydrogen-bond donors (Lipinski definition) is 0. The molecule has 0 aromatic heterocycles. The summed E-state index contributed by atoms with van der Waals surface area (Å²) in [5.74, 6) is -2.03. The van der Waals surface area contributed by atoms with Crippen molar-refractivity contribution in [2.75, 3.05) is 41.8 Å². The summed E-state index contributed by atoms with van der Waals surface area (Å²) in [6.45, 7) is 2.35. The monoisotopic (exact) mass is 530 g/mol. The molecule has 1 heterocycles. The summed E-state index contributed by atoms with van der Waals surface area (Å²) in [6.07, 6.45) is -0.946. The van der Waals surface area contributed by atoms with Crippen LogP contribution < -0.4 is 23.7 Å². The molecular formula is C27H30O11. The van der Waals surface area contributed by atoms with Crippen LogP contribution in [0, 0.1) is 11.8 Å². The predicted octanol–water partition coefficient (Wildman–Crippen LogP) is 3.16. The maximum Gasteiger partial charge on any atom is 0.310 e. The Morgan fingerprint density at radius 3 is 1.95 bits per heavy atom. The molecule has 0 saturated carbocycles. The molecule has 2 aromatic rings. The van der Waals surface area contributed by atoms with E-state index in [1.807, 2.05) is 0 Å². The molecule has 0 fully saturated rings. The van der Waals surface area contributed by atoms with E-state index in [9.17, 15) is 14.4 Å². The average molecular weight is 531 g/mol. The molecule has 4 atom stereocenters. The molecule has 1 unspecified atom stereocenters. The van der Waals surface area contributed by atoms with Crippen LogP contribution in [0.5, 0.6) is 28.7 Å². The van der Waals surface area contributed by atoms with E-state index >= 15 is 0 Å². The van der Waals surface area contributed by atoms with E-state index in [4.69, 9.17) is 37.9 Å². The lowest BCUT2D eigenvalue weighted by Gasteiger charge is -2.42. The number of methoxy groups -OCH3 is 4. The van der Waals surface area contributed by atoms with Gasteiger partial charge >= 0.3 is 17.9 Å². The highest BCUT2D eigenvalue weighted by Crippen LogP contribution is 2.55. The van der Waals surface area contributed by atoms with Gasteiger partial charge in [0.05, 0.1) is 41.0 Å². The highest BCUT2D eigenvalue weighted by atomic mass is 16.7. The highest BCUT2D eigenvalue weighted by molar-refractivity contribution is 5.77. The summed E-state index contributed by atoms with van der Waals surface area (Å²) in [5, 5.41) is 0. The summed E-state index contributed by atoms with van der Waals surface area (Å²) in [4.78, 5) is 37.5. The van der Waals surface area contributed by atoms with Gasteiger partial charge in [0, 0.05) is 31.2 Å². The minimum absolute atomic E-state index is 0.0165. The number of rotatable bonds is 8. The molecule has 4 rings (SSSR count). The van der Waals surface area contributed by atoms with E-state index < -0.39 is 41.8 Å². The summed E-state index contributed by atoms with van der Waals surface area (Å²) >= 11 is 0. The number of fused-ring (bicyclic) bond motifs is 2. The quantitative estimate of drug-likeness (QED) is 0.369. The van der Waals surface area contributed by atoms with Gasteiger partial charge in [0.1, 0.15) is 6.10 Å². The van der Waals surface area contributed by atoms with E-state index in [1.54, 1.807) is 24.3 Å². The van der Waals surface area contributed by atoms with E-state index in [0.717, 1.165) is 0 Å². The smallest absolute Gasteiger partial charge is 0.310 e. The zero-order valence-corrected chi connectivity index (χ0v) is 22.0. The third kappa shape index (κ3) is 4.88. The summed E-state index contributed by atoms with van der Waals surface area (Å²) in [6, 6.07) is 6.97. The lowest BCUT2D eigenvalue weighted by molar-refractivity contribution is -0.166. The van der Waals surface area contributed by atoms with Gasteiger partial charge in [0.25, 0.3) is 0 Å². The third-order valence-corrected chi connectivity index (χ3v) is 6.72. The van der Waals surface area contributed by atoms with E-state index in [-0.39, 0.29) is 13.4 Å². The van der Waals surface area contributed by atoms with Crippen LogP contribution in [0.2, 0.25) is 0 Å². The molecule has 11 nitrogen and oxygen atoms in total. The van der Waals surface area contributed by atoms with Gasteiger partial charge in [-0.1, -0.05) is 0 Å². The third-order valence-electron chi connectivity index (χ3n) is 6.72. The van der Waals surface area contributed by atoms with Crippen molar-refractivity contribution in [3.8, 4) is 28.7 Å². The number of carbonyl (C=O) groups is 3. The minimum atomic E-state index is -0.946. The van der Waals surface area contributed by atoms with Gasteiger partial charge in [-0.2, -0.15) is 0 Å². The number of carbonyl (C=O) groups excluding carboxylic acids is 3. The minimum Gasteiger partial charge on any atom is -0.493 e. The lowest BCUT2D eigenvalue weighted by atomic mass is 9.65. The largest absolute Gasteiger partial charge is 0.493 e. The molecule has 1 aliphatic carbocycles. The lowest BCUT2D eigenvalue weighted by Crippen LogP contribution is -2.43. The molecule has 0 saturated heterocycles. The highest BCUT2D eigenvalue weighted by Gasteiger charge is 2.50. The van der Waals surface area contributed by atoms with Crippen LogP contribution >= 0.6 is 0 Å². The van der Waals surface area contributed by atoms with Crippen molar-refractivity contribution in [1.29, 1.82) is 0 Å². The maximum atomic E-state index is 13.5. The molecule has 204 valence electrons. The molecule has 2 aromatic carbocycles. The fraction of sp³-hybridized carbons (Fsp3) is 0.444. The fourth-order valence-electron chi connectivity index (χ4n) is 5.20. The molecule has 1 aliphatic heterocycles. The molecule has 0 N–H and O–H groups in total. The first-order valence-corrected chi connectivity index (χ1v) is 11.9. The number of esters is 3. The maximum absolute atomic E-state index is 13.5. The van der Waals surface area contributed by atoms with Crippen molar-refractivity contribution in [3.05, 3.63) is 41.0 Å². The number of benzene rings is 2. The first kappa shape index (κ1) is 26.9. The second-order valence-electron chi connectivity index (χ2n) is 8.82. The van der Waals surface area contributed by atoms with Crippen LogP contribution in [-0.4, -0.2) is 59.7 Å². The Kier molecular flexibility index (Phi) is 7.84. The Morgan fingerprint density at radius 2 is 1.45 bits per heavy atom. The van der Waals surface area contributed by atoms with Crippen molar-refractivity contribution >= 4 is 17.9 Å². The molecule has 11 heteroatoms. The van der Waals surface area contributed by atoms with Crippen molar-refractivity contribution < 1.29 is 52.3 Å². The van der Waals surface area contributed by atoms with Gasteiger partial charge in [-0.15, -0.1) is 0 Å². The SMILES string of the molecule is COC(=O)[C@@H]1C(COC(C)=O)[C@@H](OC(C)=O)c2cc3c(cc2[C@H]1c1cc(OC)c(OC)c(OC)c1)OCO3. The van der Waals surface area contributed by atoms with Crippen LogP contribution in [0.25, 0.3) is 0 Å². The summed E-state index contributed by atoms with van der Waals surface area (Å²) in [7, 11) is 5.75. The topological polar surface area (TPSA) is 125 Å². The van der Waals surface area contributed by atoms with Crippen LogP contribution in [0.15, 0.2) is 24.3 Å². The van der Waals surface area contributed by atoms with E-state index in [1.165, 1.54) is 42.3 Å². The van der Waals surface area contributed by atoms with Crippen molar-refractivity contribution in [2.45, 2.75) is 25.9 Å². The van der Waals surface area contributed by atoms with Crippen molar-refractivity contribution in [1.82, 2.24) is 0 Å². The second-order valence-corrected chi connectivity index (χ2v) is 8.82. The molecule has 0 bridgehead atoms. The second kappa shape index (κ2) is 11.1. The van der Waals surface area contributed by atoms with Gasteiger partial charge in [-0.25, -0.2) is 0 Å². The molecule has 0 amide bonds.